The molecule has 25 heteroatoms. The van der Waals surface area contributed by atoms with E-state index in [2.05, 4.69) is 47.6 Å². The number of nitrogens with zero attached hydrogens (tertiary/aromatic N) is 8. The maximum absolute atomic E-state index is 16.0. The van der Waals surface area contributed by atoms with E-state index < -0.39 is 81.4 Å². The number of hydrogen-bond acceptors (Lipinski definition) is 17. The number of nitrogens with two attached hydrogens (primary N) is 1. The molecule has 0 radical (unpaired) electrons. The van der Waals surface area contributed by atoms with Crippen LogP contribution in [-0.4, -0.2) is 104 Å². The Morgan fingerprint density at radius 2 is 1.73 bits per heavy atom. The molecule has 0 spiro atoms. The van der Waals surface area contributed by atoms with Crippen LogP contribution in [0.25, 0.3) is 22.3 Å². The number of halogens is 1. The van der Waals surface area contributed by atoms with E-state index >= 15 is 4.39 Å². The molecular formula is C19H21FN10O10P2S2. The van der Waals surface area contributed by atoms with Gasteiger partial charge in [-0.3, -0.25) is 27.5 Å². The minimum Gasteiger partial charge on any atom is -0.387 e. The molecule has 0 amide bonds. The van der Waals surface area contributed by atoms with Gasteiger partial charge in [0.25, 0.3) is 5.56 Å². The van der Waals surface area contributed by atoms with E-state index in [-0.39, 0.29) is 28.1 Å². The van der Waals surface area contributed by atoms with Gasteiger partial charge in [0, 0.05) is 0 Å². The van der Waals surface area contributed by atoms with Gasteiger partial charge in [-0.1, -0.05) is 17.5 Å². The Balaban J connectivity index is 1.20. The molecule has 2 unspecified atom stereocenters. The highest BCUT2D eigenvalue weighted by atomic mass is 32.7. The summed E-state index contributed by atoms with van der Waals surface area (Å²) in [6, 6.07) is 0. The highest BCUT2D eigenvalue weighted by Gasteiger charge is 2.53. The van der Waals surface area contributed by atoms with Crippen LogP contribution in [0.3, 0.4) is 0 Å². The summed E-state index contributed by atoms with van der Waals surface area (Å²) in [5, 5.41) is 20.6. The summed E-state index contributed by atoms with van der Waals surface area (Å²) in [5.74, 6) is 0.0524. The summed E-state index contributed by atoms with van der Waals surface area (Å²) in [5.41, 5.74) is 5.38. The number of fused-ring (bicyclic) bond motifs is 5. The van der Waals surface area contributed by atoms with Gasteiger partial charge < -0.3 is 29.7 Å². The fraction of sp³-hybridized carbons (Fsp3) is 0.526. The minimum absolute atomic E-state index is 0.0472. The van der Waals surface area contributed by atoms with Gasteiger partial charge in [0.05, 0.1) is 25.9 Å². The molecule has 3 fully saturated rings. The van der Waals surface area contributed by atoms with Gasteiger partial charge in [0.15, 0.2) is 41.3 Å². The lowest BCUT2D eigenvalue weighted by Gasteiger charge is -2.26. The Morgan fingerprint density at radius 1 is 1.02 bits per heavy atom. The smallest absolute Gasteiger partial charge is 0.386 e. The average molecular weight is 695 g/mol. The number of hydrogen-bond donors (Lipinski definition) is 5. The van der Waals surface area contributed by atoms with Crippen LogP contribution in [0.4, 0.5) is 10.2 Å². The molecule has 3 aliphatic heterocycles. The van der Waals surface area contributed by atoms with Crippen LogP contribution in [0.2, 0.25) is 0 Å². The van der Waals surface area contributed by atoms with Gasteiger partial charge in [-0.15, -0.1) is 5.10 Å². The van der Waals surface area contributed by atoms with Crippen LogP contribution < -0.4 is 11.3 Å². The molecule has 0 aromatic carbocycles. The number of H-pyrrole nitrogens is 1. The van der Waals surface area contributed by atoms with Gasteiger partial charge in [-0.2, -0.15) is 0 Å². The van der Waals surface area contributed by atoms with E-state index in [9.17, 15) is 19.4 Å². The lowest BCUT2D eigenvalue weighted by Crippen LogP contribution is -2.35. The third-order valence-corrected chi connectivity index (χ3v) is 10.3. The van der Waals surface area contributed by atoms with Crippen LogP contribution in [0.1, 0.15) is 12.5 Å². The second-order valence-corrected chi connectivity index (χ2v) is 15.4. The van der Waals surface area contributed by atoms with E-state index in [1.165, 1.54) is 21.8 Å². The lowest BCUT2D eigenvalue weighted by molar-refractivity contribution is -0.0584. The minimum atomic E-state index is -4.39. The predicted molar refractivity (Wildman–Crippen MR) is 149 cm³/mol. The number of alkyl halides is 1. The summed E-state index contributed by atoms with van der Waals surface area (Å²) < 4.78 is 65.8. The van der Waals surface area contributed by atoms with E-state index in [0.717, 1.165) is 6.33 Å². The van der Waals surface area contributed by atoms with Crippen molar-refractivity contribution in [2.75, 3.05) is 18.9 Å². The maximum Gasteiger partial charge on any atom is 0.386 e. The predicted octanol–water partition coefficient (Wildman–Crippen LogP) is -0.498. The zero-order valence-electron chi connectivity index (χ0n) is 21.7. The number of imidazole rings is 2. The third-order valence-electron chi connectivity index (χ3n) is 7.11. The van der Waals surface area contributed by atoms with E-state index in [0.29, 0.717) is 0 Å². The van der Waals surface area contributed by atoms with E-state index in [1.54, 1.807) is 0 Å². The fourth-order valence-corrected chi connectivity index (χ4v) is 8.00. The molecule has 10 atom stereocenters. The summed E-state index contributed by atoms with van der Waals surface area (Å²) in [6.07, 6.45) is -8.47. The number of aliphatic hydroxyl groups is 1. The molecule has 7 rings (SSSR count). The van der Waals surface area contributed by atoms with Gasteiger partial charge >= 0.3 is 13.5 Å². The van der Waals surface area contributed by atoms with Crippen molar-refractivity contribution in [3.05, 3.63) is 29.3 Å². The van der Waals surface area contributed by atoms with Crippen LogP contribution in [0, 0.1) is 0 Å². The van der Waals surface area contributed by atoms with Crippen molar-refractivity contribution in [3.63, 3.8) is 0 Å². The second kappa shape index (κ2) is 11.1. The maximum atomic E-state index is 16.0. The van der Waals surface area contributed by atoms with Crippen LogP contribution in [-0.2, 0) is 43.9 Å². The monoisotopic (exact) mass is 694 g/mol. The lowest BCUT2D eigenvalue weighted by atomic mass is 10.1. The van der Waals surface area contributed by atoms with Crippen LogP contribution >= 0.6 is 25.8 Å². The standard InChI is InChI=1S/C19H21FN10O10P2S2/c20-8-12-7(38-18(8)29-4-24-9-14(21)22-3-23-15(9)29)2-36-42(34,44)40-13-11(31)6(1-35-41(33,43)39-12)37-19(13)30-5-25-10-16(30)26-28-27-17(10)32/h3-8,11-13,18-19,31H,1-2H2,(H,33,43)(H,34,44)(H2,21,22,23)(H,26,27,32)/t6-,7-,8-,11-,12-,13-,18-,19-,41?,42?/m1/s1. The quantitative estimate of drug-likeness (QED) is 0.131. The highest BCUT2D eigenvalue weighted by molar-refractivity contribution is 8.44. The van der Waals surface area contributed by atoms with Crippen molar-refractivity contribution in [2.24, 2.45) is 0 Å². The molecule has 20 nitrogen and oxygen atoms in total. The highest BCUT2D eigenvalue weighted by Crippen LogP contribution is 2.58. The Labute approximate surface area is 253 Å². The van der Waals surface area contributed by atoms with Gasteiger partial charge in [-0.25, -0.2) is 34.0 Å². The van der Waals surface area contributed by atoms with Crippen LogP contribution in [0.15, 0.2) is 23.8 Å². The molecule has 236 valence electrons. The second-order valence-electron chi connectivity index (χ2n) is 9.78. The number of rotatable bonds is 2. The van der Waals surface area contributed by atoms with Gasteiger partial charge in [0.2, 0.25) is 0 Å². The molecule has 4 aromatic heterocycles. The molecular weight excluding hydrogens is 673 g/mol. The molecule has 3 saturated heterocycles. The first-order valence-corrected chi connectivity index (χ1v) is 17.9. The van der Waals surface area contributed by atoms with Crippen molar-refractivity contribution in [1.82, 2.24) is 44.5 Å². The average Bonchev–Trinajstić information content (AvgIpc) is 3.73. The van der Waals surface area contributed by atoms with Crippen molar-refractivity contribution < 1.29 is 46.5 Å². The van der Waals surface area contributed by atoms with Crippen molar-refractivity contribution in [3.8, 4) is 0 Å². The largest absolute Gasteiger partial charge is 0.387 e. The van der Waals surface area contributed by atoms with Crippen molar-refractivity contribution in [1.29, 1.82) is 0 Å². The zero-order chi connectivity index (χ0) is 31.0. The number of aromatic amines is 1. The summed E-state index contributed by atoms with van der Waals surface area (Å²) in [7, 11) is 0. The number of aliphatic hydroxyl groups excluding tert-OH is 1. The molecule has 2 bridgehead atoms. The fourth-order valence-electron chi connectivity index (χ4n) is 5.10. The van der Waals surface area contributed by atoms with E-state index in [1.807, 2.05) is 0 Å². The Kier molecular flexibility index (Phi) is 7.58. The Bertz CT molecular complexity index is 1900. The SMILES string of the molecule is Nc1ncnc2c1ncn2[C@@H]1O[C@@H]2COP(=O)(S)O[C@@H]3[C@H](O)[C@@H](COP(O)(=S)O[C@H]2[C@H]1F)O[C@H]3n1cnc2c(=O)[nH]nnc21. The summed E-state index contributed by atoms with van der Waals surface area (Å²) >= 11 is 9.19. The molecule has 4 aromatic rings. The number of thiol groups is 1. The van der Waals surface area contributed by atoms with Crippen LogP contribution in [0.5, 0.6) is 0 Å². The Morgan fingerprint density at radius 3 is 2.52 bits per heavy atom. The molecule has 44 heavy (non-hydrogen) atoms. The summed E-state index contributed by atoms with van der Waals surface area (Å²) in [4.78, 5) is 39.1. The molecule has 7 heterocycles. The number of ether oxygens (including phenoxy) is 2. The Hall–Kier alpha value is -2.53. The zero-order valence-corrected chi connectivity index (χ0v) is 25.2. The first-order valence-electron chi connectivity index (χ1n) is 12.6. The van der Waals surface area contributed by atoms with Gasteiger partial charge in [-0.05, 0) is 11.8 Å². The van der Waals surface area contributed by atoms with Crippen molar-refractivity contribution in [2.45, 2.75) is 49.1 Å². The third kappa shape index (κ3) is 5.25. The number of nitrogens with one attached hydrogen (secondary N) is 1. The molecule has 3 aliphatic rings. The number of nitrogen functional groups attached to an aromatic ring is 1. The van der Waals surface area contributed by atoms with E-state index in [4.69, 9.17) is 45.1 Å². The first kappa shape index (κ1) is 30.1. The number of aromatic nitrogens is 9. The van der Waals surface area contributed by atoms with Crippen molar-refractivity contribution >= 4 is 65.7 Å². The molecule has 0 saturated carbocycles. The normalized spacial score (nSPS) is 38.3. The summed E-state index contributed by atoms with van der Waals surface area (Å²) in [6.45, 7) is -9.87. The topological polar surface area (TPSA) is 259 Å². The molecule has 5 N–H and O–H groups in total. The molecule has 0 aliphatic carbocycles. The first-order chi connectivity index (χ1) is 20.9. The number of anilines is 1. The van der Waals surface area contributed by atoms with Gasteiger partial charge in [0.1, 0.15) is 42.4 Å².